The van der Waals surface area contributed by atoms with Crippen LogP contribution in [0.5, 0.6) is 11.6 Å². The maximum atomic E-state index is 12.8. The Labute approximate surface area is 194 Å². The molecule has 2 amide bonds. The molecule has 0 aliphatic rings. The van der Waals surface area contributed by atoms with Crippen LogP contribution in [0.3, 0.4) is 0 Å². The van der Waals surface area contributed by atoms with Crippen LogP contribution in [-0.2, 0) is 6.54 Å². The number of ether oxygens (including phenoxy) is 2. The quantitative estimate of drug-likeness (QED) is 0.496. The number of halogens is 3. The third-order valence-corrected chi connectivity index (χ3v) is 5.28. The van der Waals surface area contributed by atoms with E-state index in [1.54, 1.807) is 42.9 Å². The smallest absolute Gasteiger partial charge is 0.391 e. The zero-order valence-corrected chi connectivity index (χ0v) is 19.4. The first-order valence-electron chi connectivity index (χ1n) is 10.7. The highest BCUT2D eigenvalue weighted by atomic mass is 19.4. The molecule has 34 heavy (non-hydrogen) atoms. The molecule has 12 heteroatoms. The summed E-state index contributed by atoms with van der Waals surface area (Å²) in [5.74, 6) is 0.786. The molecule has 3 aromatic rings. The molecule has 0 saturated carbocycles. The fourth-order valence-electron chi connectivity index (χ4n) is 3.47. The molecule has 3 aromatic heterocycles. The van der Waals surface area contributed by atoms with Crippen LogP contribution in [0.15, 0.2) is 30.9 Å². The van der Waals surface area contributed by atoms with Gasteiger partial charge in [0.1, 0.15) is 5.75 Å². The molecule has 0 aromatic carbocycles. The summed E-state index contributed by atoms with van der Waals surface area (Å²) in [6.07, 6.45) is 1.38. The van der Waals surface area contributed by atoms with E-state index in [9.17, 15) is 18.0 Å². The molecule has 0 fully saturated rings. The van der Waals surface area contributed by atoms with Crippen LogP contribution in [0.4, 0.5) is 18.0 Å². The van der Waals surface area contributed by atoms with Crippen LogP contribution in [0.1, 0.15) is 32.4 Å². The topological polar surface area (TPSA) is 93.9 Å². The van der Waals surface area contributed by atoms with Gasteiger partial charge in [-0.2, -0.15) is 13.2 Å². The second kappa shape index (κ2) is 10.6. The number of rotatable bonds is 9. The van der Waals surface area contributed by atoms with Crippen molar-refractivity contribution >= 4 is 11.7 Å². The van der Waals surface area contributed by atoms with E-state index in [-0.39, 0.29) is 19.5 Å². The lowest BCUT2D eigenvalue weighted by molar-refractivity contribution is -0.139. The zero-order chi connectivity index (χ0) is 24.9. The van der Waals surface area contributed by atoms with E-state index in [4.69, 9.17) is 9.47 Å². The number of nitrogens with one attached hydrogen (secondary N) is 1. The molecule has 3 rings (SSSR count). The van der Waals surface area contributed by atoms with Crippen molar-refractivity contribution in [2.45, 2.75) is 45.5 Å². The van der Waals surface area contributed by atoms with Crippen LogP contribution in [-0.4, -0.2) is 63.3 Å². The summed E-state index contributed by atoms with van der Waals surface area (Å²) in [7, 11) is 3.00. The van der Waals surface area contributed by atoms with E-state index in [0.717, 1.165) is 0 Å². The van der Waals surface area contributed by atoms with Gasteiger partial charge >= 0.3 is 12.2 Å². The number of hydrogen-bond donors (Lipinski definition) is 1. The third-order valence-electron chi connectivity index (χ3n) is 5.28. The highest BCUT2D eigenvalue weighted by Crippen LogP contribution is 2.31. The van der Waals surface area contributed by atoms with Crippen molar-refractivity contribution in [3.8, 4) is 22.9 Å². The van der Waals surface area contributed by atoms with Gasteiger partial charge < -0.3 is 24.1 Å². The predicted molar refractivity (Wildman–Crippen MR) is 119 cm³/mol. The van der Waals surface area contributed by atoms with Gasteiger partial charge in [0.2, 0.25) is 0 Å². The van der Waals surface area contributed by atoms with Gasteiger partial charge in [-0.1, -0.05) is 6.92 Å². The van der Waals surface area contributed by atoms with E-state index in [2.05, 4.69) is 20.3 Å². The van der Waals surface area contributed by atoms with Crippen molar-refractivity contribution < 1.29 is 27.4 Å². The van der Waals surface area contributed by atoms with E-state index in [1.807, 2.05) is 0 Å². The minimum Gasteiger partial charge on any atom is -0.494 e. The molecule has 184 valence electrons. The molecule has 0 unspecified atom stereocenters. The van der Waals surface area contributed by atoms with Gasteiger partial charge in [-0.05, 0) is 19.4 Å². The number of pyridine rings is 1. The van der Waals surface area contributed by atoms with Gasteiger partial charge in [-0.25, -0.2) is 14.8 Å². The fraction of sp³-hybridized carbons (Fsp3) is 0.455. The lowest BCUT2D eigenvalue weighted by Crippen LogP contribution is -2.45. The van der Waals surface area contributed by atoms with Crippen molar-refractivity contribution in [3.63, 3.8) is 0 Å². The molecule has 9 nitrogen and oxygen atoms in total. The first kappa shape index (κ1) is 25.1. The summed E-state index contributed by atoms with van der Waals surface area (Å²) in [6, 6.07) is 0.142. The number of fused-ring (bicyclic) bond motifs is 1. The van der Waals surface area contributed by atoms with E-state index in [1.165, 1.54) is 25.3 Å². The predicted octanol–water partition coefficient (Wildman–Crippen LogP) is 4.07. The van der Waals surface area contributed by atoms with Crippen LogP contribution in [0, 0.1) is 0 Å². The summed E-state index contributed by atoms with van der Waals surface area (Å²) in [5.41, 5.74) is 2.22. The van der Waals surface area contributed by atoms with Crippen molar-refractivity contribution in [2.75, 3.05) is 20.8 Å². The maximum absolute atomic E-state index is 12.8. The molecule has 0 saturated heterocycles. The minimum absolute atomic E-state index is 0.0895. The Morgan fingerprint density at radius 1 is 1.24 bits per heavy atom. The molecule has 0 aliphatic heterocycles. The molecule has 1 atom stereocenters. The number of aromatic nitrogens is 4. The lowest BCUT2D eigenvalue weighted by Gasteiger charge is -2.25. The fourth-order valence-corrected chi connectivity index (χ4v) is 3.47. The molecule has 0 bridgehead atoms. The van der Waals surface area contributed by atoms with Crippen LogP contribution >= 0.6 is 0 Å². The van der Waals surface area contributed by atoms with Crippen LogP contribution in [0.2, 0.25) is 0 Å². The third kappa shape index (κ3) is 5.86. The number of imidazole rings is 1. The summed E-state index contributed by atoms with van der Waals surface area (Å²) in [5, 5.41) is 2.47. The second-order valence-electron chi connectivity index (χ2n) is 7.56. The average Bonchev–Trinajstić information content (AvgIpc) is 3.29. The van der Waals surface area contributed by atoms with Gasteiger partial charge in [-0.3, -0.25) is 4.98 Å². The molecular weight excluding hydrogens is 453 g/mol. The Morgan fingerprint density at radius 2 is 2.00 bits per heavy atom. The van der Waals surface area contributed by atoms with E-state index in [0.29, 0.717) is 34.2 Å². The van der Waals surface area contributed by atoms with Gasteiger partial charge in [0.25, 0.3) is 5.88 Å². The normalized spacial score (nSPS) is 12.4. The number of amides is 2. The van der Waals surface area contributed by atoms with Crippen molar-refractivity contribution in [2.24, 2.45) is 0 Å². The highest BCUT2D eigenvalue weighted by Gasteiger charge is 2.32. The standard InChI is InChI=1S/C22H27F3N6O3/c1-5-14(10-22(23,24)25)28-21(32)30(6-2)12-15-9-16(18(33-3)11-27-15)17-13-31-8-7-26-19(31)20(29-17)34-4/h7-9,11,13-14H,5-6,10,12H2,1-4H3,(H,28,32)/t14-/m1/s1. The monoisotopic (exact) mass is 480 g/mol. The Balaban J connectivity index is 1.87. The largest absolute Gasteiger partial charge is 0.494 e. The van der Waals surface area contributed by atoms with Gasteiger partial charge in [0, 0.05) is 36.7 Å². The lowest BCUT2D eigenvalue weighted by atomic mass is 10.1. The van der Waals surface area contributed by atoms with Gasteiger partial charge in [-0.15, -0.1) is 0 Å². The molecule has 3 heterocycles. The Hall–Kier alpha value is -3.57. The Bertz CT molecular complexity index is 1130. The Kier molecular flexibility index (Phi) is 7.79. The van der Waals surface area contributed by atoms with Gasteiger partial charge in [0.05, 0.1) is 44.8 Å². The number of urea groups is 1. The zero-order valence-electron chi connectivity index (χ0n) is 19.4. The second-order valence-corrected chi connectivity index (χ2v) is 7.56. The van der Waals surface area contributed by atoms with Crippen molar-refractivity contribution in [3.05, 3.63) is 36.5 Å². The van der Waals surface area contributed by atoms with E-state index >= 15 is 0 Å². The summed E-state index contributed by atoms with van der Waals surface area (Å²) < 4.78 is 50.9. The maximum Gasteiger partial charge on any atom is 0.391 e. The first-order valence-corrected chi connectivity index (χ1v) is 10.7. The number of methoxy groups -OCH3 is 2. The van der Waals surface area contributed by atoms with Crippen molar-refractivity contribution in [1.82, 2.24) is 29.6 Å². The molecule has 1 N–H and O–H groups in total. The average molecular weight is 480 g/mol. The van der Waals surface area contributed by atoms with Gasteiger partial charge in [0.15, 0.2) is 5.65 Å². The SMILES string of the molecule is CC[C@H](CC(F)(F)F)NC(=O)N(CC)Cc1cc(-c2cn3ccnc3c(OC)n2)c(OC)cn1. The summed E-state index contributed by atoms with van der Waals surface area (Å²) in [4.78, 5) is 27.2. The number of nitrogens with zero attached hydrogens (tertiary/aromatic N) is 5. The first-order chi connectivity index (χ1) is 16.2. The number of carbonyl (C=O) groups is 1. The summed E-state index contributed by atoms with van der Waals surface area (Å²) in [6.45, 7) is 3.72. The minimum atomic E-state index is -4.36. The number of hydrogen-bond acceptors (Lipinski definition) is 6. The Morgan fingerprint density at radius 3 is 2.62 bits per heavy atom. The number of carbonyl (C=O) groups excluding carboxylic acids is 1. The molecule has 0 aliphatic carbocycles. The molecule has 0 spiro atoms. The summed E-state index contributed by atoms with van der Waals surface area (Å²) >= 11 is 0. The number of alkyl halides is 3. The van der Waals surface area contributed by atoms with E-state index < -0.39 is 24.7 Å². The van der Waals surface area contributed by atoms with Crippen LogP contribution < -0.4 is 14.8 Å². The molecular formula is C22H27F3N6O3. The van der Waals surface area contributed by atoms with Crippen LogP contribution in [0.25, 0.3) is 16.9 Å². The van der Waals surface area contributed by atoms with Crippen molar-refractivity contribution in [1.29, 1.82) is 0 Å². The molecule has 0 radical (unpaired) electrons. The highest BCUT2D eigenvalue weighted by molar-refractivity contribution is 5.74.